The lowest BCUT2D eigenvalue weighted by Gasteiger charge is -2.38. The van der Waals surface area contributed by atoms with Gasteiger partial charge in [-0.25, -0.2) is 0 Å². The molecule has 0 aromatic carbocycles. The van der Waals surface area contributed by atoms with Crippen molar-refractivity contribution >= 4 is 23.8 Å². The number of nitrogens with one attached hydrogen (secondary N) is 1. The minimum atomic E-state index is -0.685. The molecule has 2 atom stereocenters. The van der Waals surface area contributed by atoms with Crippen molar-refractivity contribution in [3.8, 4) is 0 Å². The normalized spacial score (nSPS) is 29.8. The second-order valence-corrected chi connectivity index (χ2v) is 10.8. The molecule has 1 saturated carbocycles. The Morgan fingerprint density at radius 3 is 2.39 bits per heavy atom. The van der Waals surface area contributed by atoms with Crippen LogP contribution in [0.5, 0.6) is 0 Å². The third-order valence-electron chi connectivity index (χ3n) is 6.56. The van der Waals surface area contributed by atoms with Gasteiger partial charge in [-0.15, -0.1) is 0 Å². The van der Waals surface area contributed by atoms with E-state index in [1.54, 1.807) is 19.0 Å². The van der Waals surface area contributed by atoms with Crippen LogP contribution in [0.25, 0.3) is 0 Å². The molecule has 158 valence electrons. The Bertz CT molecular complexity index is 718. The van der Waals surface area contributed by atoms with Crippen molar-refractivity contribution in [2.45, 2.75) is 79.7 Å². The number of nitrogens with two attached hydrogens (primary N) is 1. The smallest absolute Gasteiger partial charge is 0.226 e. The van der Waals surface area contributed by atoms with E-state index in [9.17, 15) is 9.59 Å². The van der Waals surface area contributed by atoms with Crippen LogP contribution in [0.3, 0.4) is 0 Å². The summed E-state index contributed by atoms with van der Waals surface area (Å²) >= 11 is 1.70. The molecular weight excluding hydrogens is 370 g/mol. The van der Waals surface area contributed by atoms with Gasteiger partial charge >= 0.3 is 0 Å². The maximum Gasteiger partial charge on any atom is 0.226 e. The Morgan fingerprint density at radius 1 is 1.32 bits per heavy atom. The summed E-state index contributed by atoms with van der Waals surface area (Å²) in [6.45, 7) is 14.7. The standard InChI is InChI=1S/C22H37N3O2S/c1-9-10-11-14-13-25(20(2,3)4)28-17(14)15-12-22(7,19(27)24-8)21(5,6)16(15)18(23)26/h13,16H,9-12H2,1-8H3,(H2,23,26)(H,24,27)/b17-15-. The fourth-order valence-electron chi connectivity index (χ4n) is 4.38. The van der Waals surface area contributed by atoms with Gasteiger partial charge in [-0.05, 0) is 75.5 Å². The number of hydrogen-bond acceptors (Lipinski definition) is 4. The summed E-state index contributed by atoms with van der Waals surface area (Å²) < 4.78 is 2.26. The van der Waals surface area contributed by atoms with Gasteiger partial charge in [0.25, 0.3) is 0 Å². The van der Waals surface area contributed by atoms with Crippen molar-refractivity contribution in [1.29, 1.82) is 0 Å². The molecule has 0 radical (unpaired) electrons. The Kier molecular flexibility index (Phi) is 6.34. The van der Waals surface area contributed by atoms with Crippen LogP contribution in [0.4, 0.5) is 0 Å². The van der Waals surface area contributed by atoms with E-state index in [2.05, 4.69) is 43.5 Å². The van der Waals surface area contributed by atoms with Gasteiger partial charge in [0.2, 0.25) is 11.8 Å². The molecule has 0 aromatic rings. The zero-order valence-corrected chi connectivity index (χ0v) is 19.5. The number of unbranched alkanes of at least 4 members (excludes halogenated alkanes) is 1. The Labute approximate surface area is 174 Å². The summed E-state index contributed by atoms with van der Waals surface area (Å²) in [6.07, 6.45) is 5.96. The lowest BCUT2D eigenvalue weighted by molar-refractivity contribution is -0.137. The third kappa shape index (κ3) is 3.72. The van der Waals surface area contributed by atoms with E-state index in [1.165, 1.54) is 5.57 Å². The minimum absolute atomic E-state index is 0.0332. The van der Waals surface area contributed by atoms with Crippen molar-refractivity contribution in [3.05, 3.63) is 22.3 Å². The molecule has 0 spiro atoms. The van der Waals surface area contributed by atoms with Crippen LogP contribution in [0, 0.1) is 16.7 Å². The monoisotopic (exact) mass is 407 g/mol. The molecule has 6 heteroatoms. The molecular formula is C22H37N3O2S. The highest BCUT2D eigenvalue weighted by Crippen LogP contribution is 2.61. The van der Waals surface area contributed by atoms with Gasteiger partial charge in [-0.1, -0.05) is 27.2 Å². The van der Waals surface area contributed by atoms with Crippen LogP contribution in [0.2, 0.25) is 0 Å². The van der Waals surface area contributed by atoms with Gasteiger partial charge in [-0.3, -0.25) is 9.59 Å². The number of nitrogens with zero attached hydrogens (tertiary/aromatic N) is 1. The lowest BCUT2D eigenvalue weighted by Crippen LogP contribution is -2.48. The van der Waals surface area contributed by atoms with Gasteiger partial charge in [0, 0.05) is 23.7 Å². The molecule has 2 aliphatic rings. The Balaban J connectivity index is 2.63. The van der Waals surface area contributed by atoms with Gasteiger partial charge in [0.05, 0.1) is 11.3 Å². The maximum absolute atomic E-state index is 12.8. The zero-order valence-electron chi connectivity index (χ0n) is 18.7. The SMILES string of the molecule is CCCCC1=CN(C(C)(C)C)S/C1=C1/CC(C)(C(=O)NC)C(C)(C)C1C(N)=O. The highest BCUT2D eigenvalue weighted by molar-refractivity contribution is 8.01. The summed E-state index contributed by atoms with van der Waals surface area (Å²) in [5.41, 5.74) is 6.92. The van der Waals surface area contributed by atoms with Gasteiger partial charge in [0.1, 0.15) is 0 Å². The molecule has 3 N–H and O–H groups in total. The molecule has 28 heavy (non-hydrogen) atoms. The van der Waals surface area contributed by atoms with E-state index in [4.69, 9.17) is 5.73 Å². The largest absolute Gasteiger partial charge is 0.369 e. The van der Waals surface area contributed by atoms with Crippen LogP contribution >= 0.6 is 11.9 Å². The van der Waals surface area contributed by atoms with Crippen molar-refractivity contribution in [2.24, 2.45) is 22.5 Å². The number of carbonyl (C=O) groups excluding carboxylic acids is 2. The molecule has 2 amide bonds. The van der Waals surface area contributed by atoms with Crippen LogP contribution < -0.4 is 11.1 Å². The number of primary amides is 1. The van der Waals surface area contributed by atoms with Crippen molar-refractivity contribution < 1.29 is 9.59 Å². The zero-order chi connectivity index (χ0) is 21.5. The van der Waals surface area contributed by atoms with E-state index in [1.807, 2.05) is 20.8 Å². The molecule has 1 heterocycles. The van der Waals surface area contributed by atoms with E-state index in [-0.39, 0.29) is 17.4 Å². The van der Waals surface area contributed by atoms with Crippen LogP contribution in [-0.4, -0.2) is 28.7 Å². The predicted octanol–water partition coefficient (Wildman–Crippen LogP) is 4.36. The summed E-state index contributed by atoms with van der Waals surface area (Å²) in [5.74, 6) is -0.832. The minimum Gasteiger partial charge on any atom is -0.369 e. The molecule has 0 aromatic heterocycles. The fourth-order valence-corrected chi connectivity index (χ4v) is 5.61. The highest BCUT2D eigenvalue weighted by atomic mass is 32.2. The molecule has 2 rings (SSSR count). The summed E-state index contributed by atoms with van der Waals surface area (Å²) in [7, 11) is 1.66. The van der Waals surface area contributed by atoms with Crippen molar-refractivity contribution in [2.75, 3.05) is 7.05 Å². The van der Waals surface area contributed by atoms with E-state index in [0.29, 0.717) is 6.42 Å². The molecule has 0 saturated heterocycles. The number of rotatable bonds is 5. The second kappa shape index (κ2) is 7.77. The predicted molar refractivity (Wildman–Crippen MR) is 117 cm³/mol. The molecule has 1 aliphatic heterocycles. The summed E-state index contributed by atoms with van der Waals surface area (Å²) in [5, 5.41) is 2.81. The first-order chi connectivity index (χ1) is 12.8. The van der Waals surface area contributed by atoms with Gasteiger partial charge in [-0.2, -0.15) is 0 Å². The third-order valence-corrected chi connectivity index (χ3v) is 8.11. The van der Waals surface area contributed by atoms with Crippen molar-refractivity contribution in [1.82, 2.24) is 9.62 Å². The first-order valence-electron chi connectivity index (χ1n) is 10.2. The van der Waals surface area contributed by atoms with Crippen LogP contribution in [-0.2, 0) is 9.59 Å². The van der Waals surface area contributed by atoms with E-state index >= 15 is 0 Å². The topological polar surface area (TPSA) is 75.4 Å². The quantitative estimate of drug-likeness (QED) is 0.664. The van der Waals surface area contributed by atoms with Crippen molar-refractivity contribution in [3.63, 3.8) is 0 Å². The number of hydrogen-bond donors (Lipinski definition) is 2. The van der Waals surface area contributed by atoms with E-state index < -0.39 is 16.7 Å². The lowest BCUT2D eigenvalue weighted by atomic mass is 9.65. The second-order valence-electron chi connectivity index (χ2n) is 9.85. The molecule has 0 bridgehead atoms. The maximum atomic E-state index is 12.8. The first-order valence-corrected chi connectivity index (χ1v) is 11.0. The van der Waals surface area contributed by atoms with E-state index in [0.717, 1.165) is 29.7 Å². The van der Waals surface area contributed by atoms with Crippen LogP contribution in [0.1, 0.15) is 74.1 Å². The van der Waals surface area contributed by atoms with Gasteiger partial charge in [0.15, 0.2) is 0 Å². The number of allylic oxidation sites excluding steroid dienone is 1. The van der Waals surface area contributed by atoms with Gasteiger partial charge < -0.3 is 15.4 Å². The van der Waals surface area contributed by atoms with Crippen LogP contribution in [0.15, 0.2) is 22.3 Å². The fraction of sp³-hybridized carbons (Fsp3) is 0.727. The molecule has 1 aliphatic carbocycles. The highest BCUT2D eigenvalue weighted by Gasteiger charge is 2.60. The Morgan fingerprint density at radius 2 is 1.93 bits per heavy atom. The Hall–Kier alpha value is -1.43. The average molecular weight is 408 g/mol. The number of carbonyl (C=O) groups is 2. The summed E-state index contributed by atoms with van der Waals surface area (Å²) in [4.78, 5) is 26.6. The summed E-state index contributed by atoms with van der Waals surface area (Å²) in [6, 6.07) is 0. The average Bonchev–Trinajstić information content (AvgIpc) is 3.09. The molecule has 5 nitrogen and oxygen atoms in total. The number of amides is 2. The molecule has 1 fully saturated rings. The molecule has 2 unspecified atom stereocenters. The first kappa shape index (κ1) is 22.9.